The average Bonchev–Trinajstić information content (AvgIpc) is 2.26. The van der Waals surface area contributed by atoms with Gasteiger partial charge in [0.25, 0.3) is 0 Å². The fraction of sp³-hybridized carbons (Fsp3) is 0.857. The van der Waals surface area contributed by atoms with Gasteiger partial charge in [-0.1, -0.05) is 0 Å². The fourth-order valence-electron chi connectivity index (χ4n) is 4.90. The normalized spacial score (nSPS) is 42.8. The number of amides is 1. The Morgan fingerprint density at radius 1 is 1.00 bits per heavy atom. The van der Waals surface area contributed by atoms with Crippen LogP contribution in [0.1, 0.15) is 38.5 Å². The minimum Gasteiger partial charge on any atom is -0.368 e. The lowest BCUT2D eigenvalue weighted by Gasteiger charge is -2.54. The van der Waals surface area contributed by atoms with Crippen LogP contribution in [0.4, 0.5) is 0 Å². The second kappa shape index (κ2) is 4.34. The van der Waals surface area contributed by atoms with Gasteiger partial charge in [0.1, 0.15) is 5.78 Å². The molecule has 0 spiro atoms. The van der Waals surface area contributed by atoms with Gasteiger partial charge in [0.05, 0.1) is 6.04 Å². The van der Waals surface area contributed by atoms with Crippen LogP contribution >= 0.6 is 0 Å². The Morgan fingerprint density at radius 2 is 1.50 bits per heavy atom. The summed E-state index contributed by atoms with van der Waals surface area (Å²) in [5, 5.41) is 0. The monoisotopic (exact) mass is 250 g/mol. The molecule has 100 valence electrons. The number of ketones is 1. The van der Waals surface area contributed by atoms with Crippen LogP contribution < -0.4 is 11.5 Å². The fourth-order valence-corrected chi connectivity index (χ4v) is 4.90. The third-order valence-electron chi connectivity index (χ3n) is 5.39. The number of carbonyl (C=O) groups is 2. The van der Waals surface area contributed by atoms with Gasteiger partial charge in [-0.2, -0.15) is 0 Å². The summed E-state index contributed by atoms with van der Waals surface area (Å²) in [7, 11) is 0. The maximum Gasteiger partial charge on any atom is 0.234 e. The summed E-state index contributed by atoms with van der Waals surface area (Å²) < 4.78 is 0. The SMILES string of the molecule is NC(=O)C(N)CC(=O)C1C2CC3CC(C2)CC1C3. The Hall–Kier alpha value is -0.900. The summed E-state index contributed by atoms with van der Waals surface area (Å²) in [5.74, 6) is 2.65. The van der Waals surface area contributed by atoms with Gasteiger partial charge in [-0.05, 0) is 55.8 Å². The third kappa shape index (κ3) is 1.96. The van der Waals surface area contributed by atoms with Crippen molar-refractivity contribution in [2.24, 2.45) is 41.1 Å². The van der Waals surface area contributed by atoms with E-state index in [1.807, 2.05) is 0 Å². The van der Waals surface area contributed by atoms with Crippen LogP contribution in [0.5, 0.6) is 0 Å². The zero-order valence-corrected chi connectivity index (χ0v) is 10.7. The van der Waals surface area contributed by atoms with Crippen molar-refractivity contribution in [2.45, 2.75) is 44.6 Å². The molecule has 4 aliphatic carbocycles. The first-order chi connectivity index (χ1) is 8.54. The van der Waals surface area contributed by atoms with Gasteiger partial charge in [-0.25, -0.2) is 0 Å². The number of nitrogens with two attached hydrogens (primary N) is 2. The quantitative estimate of drug-likeness (QED) is 0.775. The topological polar surface area (TPSA) is 86.2 Å². The van der Waals surface area contributed by atoms with Crippen LogP contribution in [-0.4, -0.2) is 17.7 Å². The number of carbonyl (C=O) groups excluding carboxylic acids is 2. The Labute approximate surface area is 107 Å². The van der Waals surface area contributed by atoms with Crippen molar-refractivity contribution >= 4 is 11.7 Å². The van der Waals surface area contributed by atoms with E-state index in [9.17, 15) is 9.59 Å². The first-order valence-corrected chi connectivity index (χ1v) is 7.12. The van der Waals surface area contributed by atoms with Gasteiger partial charge in [-0.15, -0.1) is 0 Å². The van der Waals surface area contributed by atoms with Gasteiger partial charge in [0, 0.05) is 12.3 Å². The summed E-state index contributed by atoms with van der Waals surface area (Å²) >= 11 is 0. The highest BCUT2D eigenvalue weighted by molar-refractivity contribution is 5.89. The average molecular weight is 250 g/mol. The van der Waals surface area contributed by atoms with Gasteiger partial charge in [0.15, 0.2) is 0 Å². The van der Waals surface area contributed by atoms with E-state index in [0.29, 0.717) is 11.8 Å². The number of primary amides is 1. The first-order valence-electron chi connectivity index (χ1n) is 7.12. The molecule has 0 aromatic carbocycles. The predicted octanol–water partition coefficient (Wildman–Crippen LogP) is 0.830. The smallest absolute Gasteiger partial charge is 0.234 e. The maximum atomic E-state index is 12.4. The van der Waals surface area contributed by atoms with Gasteiger partial charge < -0.3 is 11.5 Å². The van der Waals surface area contributed by atoms with E-state index in [1.165, 1.54) is 32.1 Å². The zero-order chi connectivity index (χ0) is 12.9. The lowest BCUT2D eigenvalue weighted by Crippen LogP contribution is -2.49. The lowest BCUT2D eigenvalue weighted by atomic mass is 9.51. The zero-order valence-electron chi connectivity index (χ0n) is 10.7. The van der Waals surface area contributed by atoms with E-state index >= 15 is 0 Å². The molecule has 4 rings (SSSR count). The molecule has 1 unspecified atom stereocenters. The summed E-state index contributed by atoms with van der Waals surface area (Å²) in [6, 6.07) is -0.797. The van der Waals surface area contributed by atoms with Crippen LogP contribution in [0, 0.1) is 29.6 Å². The summed E-state index contributed by atoms with van der Waals surface area (Å²) in [4.78, 5) is 23.3. The molecule has 0 aromatic rings. The Morgan fingerprint density at radius 3 is 1.94 bits per heavy atom. The highest BCUT2D eigenvalue weighted by Gasteiger charge is 2.50. The van der Waals surface area contributed by atoms with E-state index < -0.39 is 11.9 Å². The van der Waals surface area contributed by atoms with Crippen molar-refractivity contribution in [1.82, 2.24) is 0 Å². The predicted molar refractivity (Wildman–Crippen MR) is 67.3 cm³/mol. The minimum absolute atomic E-state index is 0.141. The standard InChI is InChI=1S/C14H22N2O2/c15-11(14(16)18)6-12(17)13-9-2-7-1-8(4-9)5-10(13)3-7/h7-11,13H,1-6,15H2,(H2,16,18). The Kier molecular flexibility index (Phi) is 2.93. The molecule has 4 nitrogen and oxygen atoms in total. The molecule has 1 amide bonds. The highest BCUT2D eigenvalue weighted by atomic mass is 16.1. The van der Waals surface area contributed by atoms with Crippen LogP contribution in [0.2, 0.25) is 0 Å². The molecule has 4 fully saturated rings. The van der Waals surface area contributed by atoms with Crippen molar-refractivity contribution in [3.05, 3.63) is 0 Å². The van der Waals surface area contributed by atoms with Crippen LogP contribution in [-0.2, 0) is 9.59 Å². The van der Waals surface area contributed by atoms with Crippen LogP contribution in [0.15, 0.2) is 0 Å². The second-order valence-electron chi connectivity index (χ2n) is 6.64. The number of hydrogen-bond donors (Lipinski definition) is 2. The minimum atomic E-state index is -0.797. The molecule has 4 bridgehead atoms. The van der Waals surface area contributed by atoms with E-state index in [-0.39, 0.29) is 18.1 Å². The molecule has 0 radical (unpaired) electrons. The molecule has 0 heterocycles. The second-order valence-corrected chi connectivity index (χ2v) is 6.64. The maximum absolute atomic E-state index is 12.4. The largest absolute Gasteiger partial charge is 0.368 e. The summed E-state index contributed by atoms with van der Waals surface area (Å²) in [5.41, 5.74) is 10.8. The van der Waals surface area contributed by atoms with E-state index in [1.54, 1.807) is 0 Å². The summed E-state index contributed by atoms with van der Waals surface area (Å²) in [6.45, 7) is 0. The molecular formula is C14H22N2O2. The van der Waals surface area contributed by atoms with E-state index in [4.69, 9.17) is 11.5 Å². The summed E-state index contributed by atoms with van der Waals surface area (Å²) in [6.07, 6.45) is 6.39. The van der Waals surface area contributed by atoms with Crippen molar-refractivity contribution in [2.75, 3.05) is 0 Å². The van der Waals surface area contributed by atoms with Crippen LogP contribution in [0.25, 0.3) is 0 Å². The molecule has 0 aliphatic heterocycles. The Balaban J connectivity index is 1.69. The molecule has 4 aliphatic rings. The van der Waals surface area contributed by atoms with E-state index in [2.05, 4.69) is 0 Å². The van der Waals surface area contributed by atoms with Gasteiger partial charge in [0.2, 0.25) is 5.91 Å². The number of Topliss-reactive ketones (excluding diaryl/α,β-unsaturated/α-hetero) is 1. The number of hydrogen-bond acceptors (Lipinski definition) is 3. The van der Waals surface area contributed by atoms with Crippen molar-refractivity contribution < 1.29 is 9.59 Å². The van der Waals surface area contributed by atoms with Crippen molar-refractivity contribution in [3.8, 4) is 0 Å². The molecular weight excluding hydrogens is 228 g/mol. The lowest BCUT2D eigenvalue weighted by molar-refractivity contribution is -0.137. The first kappa shape index (κ1) is 12.2. The molecule has 18 heavy (non-hydrogen) atoms. The van der Waals surface area contributed by atoms with Gasteiger partial charge in [-0.3, -0.25) is 9.59 Å². The molecule has 4 heteroatoms. The molecule has 4 saturated carbocycles. The number of rotatable bonds is 4. The molecule has 0 saturated heterocycles. The van der Waals surface area contributed by atoms with Gasteiger partial charge >= 0.3 is 0 Å². The molecule has 1 atom stereocenters. The molecule has 0 aromatic heterocycles. The highest BCUT2D eigenvalue weighted by Crippen LogP contribution is 2.56. The molecule has 4 N–H and O–H groups in total. The van der Waals surface area contributed by atoms with Crippen molar-refractivity contribution in [1.29, 1.82) is 0 Å². The van der Waals surface area contributed by atoms with E-state index in [0.717, 1.165) is 11.8 Å². The van der Waals surface area contributed by atoms with Crippen LogP contribution in [0.3, 0.4) is 0 Å². The Bertz CT molecular complexity index is 352. The third-order valence-corrected chi connectivity index (χ3v) is 5.39. The van der Waals surface area contributed by atoms with Crippen molar-refractivity contribution in [3.63, 3.8) is 0 Å².